The SMILES string of the molecule is C.C.COC(=O)c1cccc(-c2nc(N[C@H](C)C3CC3)nc(N[C@H](C)C3CC3)n2)n1.C[C@@H](Nc1nc(N[C@H](C)C2CC2)nc(-c2cccc(C#N)n2)n1)C1CC1.C[C@@H](Nc1nc(N[C@H](C)C2CC2)nc(-c2cccc(C(=O)O)n2)n1)C1CC1.C[C@@H](Nc1nc(N[C@H](C)C2CC2)nc(-c2cccc(C(N)=O)n2)n1)C1CC1.C[C@@H](Nc1nc(N[C@H](C)C2CC2)nc(-c2cccc(Cl)n2)n1)C1CC1.O=P(Cl)(Cl)Cl.[Li+].[OH-]. The predicted octanol–water partition coefficient (Wildman–Crippen LogP) is 16.8. The molecule has 10 aliphatic carbocycles. The van der Waals surface area contributed by atoms with E-state index in [1.807, 2.05) is 18.2 Å². The molecule has 0 unspecified atom stereocenters. The van der Waals surface area contributed by atoms with Gasteiger partial charge in [-0.2, -0.15) is 80.0 Å². The molecule has 10 heterocycles. The third-order valence-corrected chi connectivity index (χ3v) is 26.1. The second-order valence-electron chi connectivity index (χ2n) is 37.9. The summed E-state index contributed by atoms with van der Waals surface area (Å²) in [4.78, 5) is 124. The quantitative estimate of drug-likeness (QED) is 0.00740. The Balaban J connectivity index is 0.000000166. The number of methoxy groups -OCH3 is 1. The summed E-state index contributed by atoms with van der Waals surface area (Å²) < 4.78 is 14.3. The predicted molar refractivity (Wildman–Crippen MR) is 550 cm³/mol. The molecule has 10 atom stereocenters. The molecule has 39 nitrogen and oxygen atoms in total. The van der Waals surface area contributed by atoms with Crippen molar-refractivity contribution in [2.24, 2.45) is 64.9 Å². The van der Waals surface area contributed by atoms with Crippen molar-refractivity contribution in [3.63, 3.8) is 0 Å². The Kier molecular flexibility index (Phi) is 39.7. The van der Waals surface area contributed by atoms with Crippen LogP contribution in [0.3, 0.4) is 0 Å². The van der Waals surface area contributed by atoms with Crippen LogP contribution < -0.4 is 77.8 Å². The molecule has 0 aliphatic heterocycles. The Bertz CT molecular complexity index is 5670. The van der Waals surface area contributed by atoms with Crippen molar-refractivity contribution < 1.29 is 53.1 Å². The first-order chi connectivity index (χ1) is 66.2. The maximum Gasteiger partial charge on any atom is 1.00 e. The summed E-state index contributed by atoms with van der Waals surface area (Å²) >= 11 is 19.9. The standard InChI is InChI=1S/C20H26N6O2.C19H25N7O.C19H23N7.C19H24N6O2.C18H23ClN6.2CH4.Cl3OP.Li.H2O/c1-11(13-7-8-13)21-19-24-17(15-5-4-6-16(23-15)18(27)28-3)25-20(26-19)22-12(2)14-9-10-14;1-10(12-6-7-12)21-18-24-17(15-5-3-4-14(23-15)16(20)27)25-19(26-18)22-11(2)13-8-9-13;1-11(13-6-7-13)21-18-24-17(16-5-3-4-15(10-20)23-16)25-19(26-18)22-12(2)14-8-9-14;1-10(12-6-7-12)20-18-23-16(14-4-3-5-15(22-14)17(26)27)24-19(25-18)21-11(2)13-8-9-13;1-10(12-6-7-12)20-17-23-16(14-4-3-5-15(19)22-14)24-18(25-17)21-11(2)13-8-9-13;;;1-5(2,3)4;;/h4-6,11-14H,7-10H2,1-3H3,(H2,21,22,24,25,26);3-5,10-13H,6-9H2,1-2H3,(H2,20,27)(H2,21,22,24,25,26);3-5,11-14H,6-9H2,1-2H3,(H2,21,22,24,25,26);3-5,10-13H,6-9H2,1-2H3,(H,26,27)(H2,20,21,23,24,25);3-5,10-13H,6-9H2,1-2H3,(H2,20,21,23,24,25);2*1H4;;;1H2/q;;;;;;;;+1;/p-1/t11-,12-;10-,11-;11-,12-;2*10-,11-;;;;;/m11111...../s1. The van der Waals surface area contributed by atoms with E-state index >= 15 is 0 Å². The molecule has 0 radical (unpaired) electrons. The van der Waals surface area contributed by atoms with Crippen LogP contribution in [0.1, 0.15) is 250 Å². The van der Waals surface area contributed by atoms with E-state index in [1.165, 1.54) is 142 Å². The zero-order valence-electron chi connectivity index (χ0n) is 80.7. The largest absolute Gasteiger partial charge is 1.00 e. The van der Waals surface area contributed by atoms with Crippen LogP contribution in [-0.4, -0.2) is 196 Å². The van der Waals surface area contributed by atoms with Crippen LogP contribution in [0.25, 0.3) is 57.6 Å². The van der Waals surface area contributed by atoms with Gasteiger partial charge >= 0.3 is 36.0 Å². The summed E-state index contributed by atoms with van der Waals surface area (Å²) in [6.45, 7) is 21.5. The van der Waals surface area contributed by atoms with Gasteiger partial charge in [-0.15, -0.1) is 0 Å². The zero-order chi connectivity index (χ0) is 97.6. The molecule has 10 aliphatic rings. The smallest absolute Gasteiger partial charge is 0.870 e. The summed E-state index contributed by atoms with van der Waals surface area (Å²) in [5.74, 6) is 12.3. The number of carboxylic acid groups (broad SMARTS) is 1. The molecule has 754 valence electrons. The van der Waals surface area contributed by atoms with Crippen molar-refractivity contribution in [1.82, 2.24) is 99.7 Å². The van der Waals surface area contributed by atoms with Gasteiger partial charge in [0, 0.05) is 60.4 Å². The first-order valence-corrected chi connectivity index (χ1v) is 52.7. The number of hydrogen-bond acceptors (Lipinski definition) is 37. The number of aromatic carboxylic acids is 1. The molecular weight excluding hydrogens is 1910 g/mol. The number of carboxylic acids is 1. The van der Waals surface area contributed by atoms with Gasteiger partial charge in [0.1, 0.15) is 62.5 Å². The number of nitrogens with one attached hydrogen (secondary N) is 10. The number of pyridine rings is 5. The van der Waals surface area contributed by atoms with Crippen molar-refractivity contribution in [1.29, 1.82) is 5.26 Å². The molecule has 45 heteroatoms. The van der Waals surface area contributed by atoms with Crippen LogP contribution >= 0.6 is 50.5 Å². The number of rotatable bonds is 38. The number of nitriles is 1. The van der Waals surface area contributed by atoms with E-state index in [4.69, 9.17) is 27.3 Å². The third-order valence-electron chi connectivity index (χ3n) is 25.9. The van der Waals surface area contributed by atoms with Gasteiger partial charge in [-0.05, 0) is 351 Å². The number of halogens is 4. The minimum atomic E-state index is -3.22. The van der Waals surface area contributed by atoms with Crippen LogP contribution in [0.15, 0.2) is 91.0 Å². The second-order valence-corrected chi connectivity index (χ2v) is 44.9. The molecule has 10 fully saturated rings. The third kappa shape index (κ3) is 35.0. The van der Waals surface area contributed by atoms with E-state index in [-0.39, 0.29) is 68.4 Å². The number of nitrogens with two attached hydrogens (primary N) is 1. The minimum Gasteiger partial charge on any atom is -0.870 e. The maximum atomic E-state index is 11.8. The number of ether oxygens (including phenoxy) is 1. The number of hydrogen-bond donors (Lipinski definition) is 12. The number of primary amides is 1. The van der Waals surface area contributed by atoms with E-state index in [2.05, 4.69) is 262 Å². The zero-order valence-corrected chi connectivity index (χ0v) is 84.6. The first kappa shape index (κ1) is 111. The Morgan fingerprint density at radius 1 is 0.338 bits per heavy atom. The van der Waals surface area contributed by atoms with Crippen molar-refractivity contribution in [3.8, 4) is 63.7 Å². The van der Waals surface area contributed by atoms with E-state index < -0.39 is 23.0 Å². The molecule has 14 N–H and O–H groups in total. The van der Waals surface area contributed by atoms with Gasteiger partial charge in [0.15, 0.2) is 29.1 Å². The van der Waals surface area contributed by atoms with Crippen LogP contribution in [0, 0.1) is 70.5 Å². The number of nitrogens with zero attached hydrogens (tertiary/aromatic N) is 21. The van der Waals surface area contributed by atoms with E-state index in [1.54, 1.807) is 66.7 Å². The van der Waals surface area contributed by atoms with E-state index in [0.717, 1.165) is 0 Å². The number of esters is 1. The molecule has 1 amide bonds. The molecule has 0 bridgehead atoms. The molecule has 10 saturated carbocycles. The average molecular weight is 2040 g/mol. The fourth-order valence-corrected chi connectivity index (χ4v) is 15.7. The Morgan fingerprint density at radius 2 is 0.528 bits per heavy atom. The van der Waals surface area contributed by atoms with Gasteiger partial charge in [0.05, 0.1) is 7.11 Å². The number of carbonyl (C=O) groups is 3. The molecule has 10 aromatic rings. The number of aromatic nitrogens is 20. The molecule has 142 heavy (non-hydrogen) atoms. The van der Waals surface area contributed by atoms with Crippen molar-refractivity contribution >= 4 is 128 Å². The Hall–Kier alpha value is -11.4. The van der Waals surface area contributed by atoms with Crippen LogP contribution in [-0.2, 0) is 9.30 Å². The molecule has 0 aromatic carbocycles. The average Bonchev–Trinajstić information content (AvgIpc) is 1.75. The van der Waals surface area contributed by atoms with Gasteiger partial charge in [-0.3, -0.25) is 9.36 Å². The maximum absolute atomic E-state index is 11.8. The number of carbonyl (C=O) groups excluding carboxylic acids is 2. The molecule has 0 saturated heterocycles. The Morgan fingerprint density at radius 3 is 0.732 bits per heavy atom. The molecule has 10 aromatic heterocycles. The van der Waals surface area contributed by atoms with Crippen LogP contribution in [0.5, 0.6) is 0 Å². The van der Waals surface area contributed by atoms with Gasteiger partial charge in [-0.25, -0.2) is 34.5 Å². The number of amides is 1. The fourth-order valence-electron chi connectivity index (χ4n) is 15.6. The molecule has 20 rings (SSSR count). The summed E-state index contributed by atoms with van der Waals surface area (Å²) in [6, 6.07) is 31.0. The second kappa shape index (κ2) is 50.7. The van der Waals surface area contributed by atoms with Crippen molar-refractivity contribution in [2.45, 2.75) is 273 Å². The van der Waals surface area contributed by atoms with Gasteiger partial charge in [0.25, 0.3) is 5.91 Å². The summed E-state index contributed by atoms with van der Waals surface area (Å²) in [6.07, 6.45) is 24.8. The topological polar surface area (TPSA) is 556 Å². The fraction of sp³-hybridized carbons (Fsp3) is 0.546. The van der Waals surface area contributed by atoms with Crippen LogP contribution in [0.2, 0.25) is 5.15 Å². The van der Waals surface area contributed by atoms with Gasteiger partial charge in [0.2, 0.25) is 59.5 Å². The van der Waals surface area contributed by atoms with E-state index in [9.17, 15) is 24.1 Å². The first-order valence-electron chi connectivity index (χ1n) is 47.9. The summed E-state index contributed by atoms with van der Waals surface area (Å²) in [5, 5.41) is 49.5. The molecule has 0 spiro atoms. The van der Waals surface area contributed by atoms with Gasteiger partial charge in [-0.1, -0.05) is 56.8 Å². The van der Waals surface area contributed by atoms with Gasteiger partial charge < -0.3 is 74.2 Å². The normalized spacial score (nSPS) is 17.9. The molecular formula is C97H130Cl4LiN32O7P. The van der Waals surface area contributed by atoms with Crippen molar-refractivity contribution in [2.75, 3.05) is 60.3 Å². The monoisotopic (exact) mass is 2030 g/mol. The van der Waals surface area contributed by atoms with Crippen molar-refractivity contribution in [3.05, 3.63) is 119 Å². The number of anilines is 10. The summed E-state index contributed by atoms with van der Waals surface area (Å²) in [5.41, 5.74) is 8.74. The van der Waals surface area contributed by atoms with E-state index in [0.29, 0.717) is 235 Å². The Labute approximate surface area is 860 Å². The summed E-state index contributed by atoms with van der Waals surface area (Å²) in [7, 11) is 1.34. The van der Waals surface area contributed by atoms with Crippen LogP contribution in [0.4, 0.5) is 59.5 Å². The minimum absolute atomic E-state index is 0.